The first-order valence-electron chi connectivity index (χ1n) is 24.3. The van der Waals surface area contributed by atoms with Crippen molar-refractivity contribution in [2.45, 2.75) is 176 Å². The Kier molecular flexibility index (Phi) is 6.60. The molecule has 16 aliphatic carbocycles. The molecule has 0 spiro atoms. The van der Waals surface area contributed by atoms with Gasteiger partial charge in [0.2, 0.25) is 0 Å². The lowest BCUT2D eigenvalue weighted by Crippen LogP contribution is -2.57. The molecule has 1 heteroatoms. The average Bonchev–Trinajstić information content (AvgIpc) is 3.12. The van der Waals surface area contributed by atoms with Crippen LogP contribution < -0.4 is 4.74 Å². The summed E-state index contributed by atoms with van der Waals surface area (Å²) in [6, 6.07) is 11.0. The van der Waals surface area contributed by atoms with Crippen molar-refractivity contribution in [3.63, 3.8) is 0 Å². The van der Waals surface area contributed by atoms with Gasteiger partial charge in [0.25, 0.3) is 0 Å². The molecule has 0 saturated heterocycles. The molecule has 16 bridgehead atoms. The van der Waals surface area contributed by atoms with Crippen molar-refractivity contribution in [3.05, 3.63) is 64.6 Å². The minimum atomic E-state index is 0.209. The van der Waals surface area contributed by atoms with Crippen LogP contribution in [0.4, 0.5) is 0 Å². The molecular formula is C54H65O. The Morgan fingerprint density at radius 2 is 0.655 bits per heavy atom. The molecule has 0 N–H and O–H groups in total. The second-order valence-electron chi connectivity index (χ2n) is 24.5. The molecule has 16 aliphatic rings. The number of hydrogen-bond donors (Lipinski definition) is 0. The molecule has 0 heterocycles. The average molecular weight is 730 g/mol. The van der Waals surface area contributed by atoms with Crippen molar-refractivity contribution >= 4 is 0 Å². The summed E-state index contributed by atoms with van der Waals surface area (Å²) in [6.07, 6.45) is 44.7. The highest BCUT2D eigenvalue weighted by atomic mass is 16.5. The summed E-state index contributed by atoms with van der Waals surface area (Å²) in [7, 11) is 0. The third-order valence-electron chi connectivity index (χ3n) is 20.8. The highest BCUT2D eigenvalue weighted by Gasteiger charge is 2.64. The van der Waals surface area contributed by atoms with Gasteiger partial charge < -0.3 is 4.74 Å². The van der Waals surface area contributed by atoms with Crippen LogP contribution in [0.15, 0.2) is 30.3 Å². The van der Waals surface area contributed by atoms with Gasteiger partial charge in [-0.05, 0) is 283 Å². The molecule has 0 amide bonds. The summed E-state index contributed by atoms with van der Waals surface area (Å²) in [6.45, 7) is 0. The minimum absolute atomic E-state index is 0.209. The van der Waals surface area contributed by atoms with Crippen LogP contribution in [0.5, 0.6) is 11.5 Å². The van der Waals surface area contributed by atoms with Crippen molar-refractivity contribution in [2.24, 2.45) is 71.0 Å². The van der Waals surface area contributed by atoms with E-state index in [1.807, 2.05) is 11.1 Å². The van der Waals surface area contributed by atoms with E-state index in [1.165, 1.54) is 165 Å². The largest absolute Gasteiger partial charge is 0.456 e. The van der Waals surface area contributed by atoms with E-state index in [4.69, 9.17) is 4.74 Å². The van der Waals surface area contributed by atoms with Gasteiger partial charge in [0, 0.05) is 11.0 Å². The minimum Gasteiger partial charge on any atom is -0.456 e. The summed E-state index contributed by atoms with van der Waals surface area (Å²) < 4.78 is 7.72. The van der Waals surface area contributed by atoms with E-state index in [-0.39, 0.29) is 10.8 Å². The van der Waals surface area contributed by atoms with Gasteiger partial charge in [0.1, 0.15) is 11.5 Å². The highest BCUT2D eigenvalue weighted by Crippen LogP contribution is 2.73. The van der Waals surface area contributed by atoms with E-state index in [1.54, 1.807) is 11.1 Å². The maximum atomic E-state index is 9.73. The van der Waals surface area contributed by atoms with E-state index < -0.39 is 0 Å². The fraction of sp³-hybridized carbons (Fsp3) is 0.741. The van der Waals surface area contributed by atoms with E-state index in [0.29, 0.717) is 10.8 Å². The van der Waals surface area contributed by atoms with Crippen LogP contribution >= 0.6 is 0 Å². The maximum Gasteiger partial charge on any atom is 0.147 e. The van der Waals surface area contributed by atoms with Gasteiger partial charge in [-0.2, -0.15) is 0 Å². The van der Waals surface area contributed by atoms with Crippen molar-refractivity contribution < 1.29 is 4.74 Å². The Labute approximate surface area is 332 Å². The number of rotatable bonds is 6. The molecule has 287 valence electrons. The SMILES string of the molecule is [C]#Cc1c(Oc2ccccc2)c(C23CC4CC(CC(C4)C2)C3)c(C23CC4CC(CC(C4)C2)C3)c(C23CC4CC(CC(C4)C2)C3)c1C12CC3CC(CC(C3)C1)C2. The van der Waals surface area contributed by atoms with E-state index in [2.05, 4.69) is 36.3 Å². The molecule has 0 atom stereocenters. The Hall–Kier alpha value is -2.20. The molecule has 1 radical (unpaired) electrons. The number of hydrogen-bond acceptors (Lipinski definition) is 1. The van der Waals surface area contributed by atoms with Gasteiger partial charge in [0.15, 0.2) is 0 Å². The van der Waals surface area contributed by atoms with Gasteiger partial charge in [-0.15, -0.1) is 0 Å². The Morgan fingerprint density at radius 3 is 0.964 bits per heavy atom. The Balaban J connectivity index is 1.14. The van der Waals surface area contributed by atoms with Crippen LogP contribution in [0, 0.1) is 83.4 Å². The predicted octanol–water partition coefficient (Wildman–Crippen LogP) is 13.3. The van der Waals surface area contributed by atoms with Gasteiger partial charge >= 0.3 is 0 Å². The van der Waals surface area contributed by atoms with Crippen molar-refractivity contribution in [2.75, 3.05) is 0 Å². The second kappa shape index (κ2) is 11.1. The van der Waals surface area contributed by atoms with Crippen LogP contribution in [0.3, 0.4) is 0 Å². The summed E-state index contributed by atoms with van der Waals surface area (Å²) in [5.41, 5.74) is 9.64. The normalized spacial score (nSPS) is 51.3. The van der Waals surface area contributed by atoms with Gasteiger partial charge in [-0.3, -0.25) is 0 Å². The standard InChI is InChI=1S/C54H65O/c1-2-45-46(51-20-32-8-33(21-51)10-34(9-32)22-51)47(52-23-35-11-36(24-52)13-37(12-35)25-52)48(53-26-38-14-39(27-53)16-40(15-38)28-53)49(50(45)55-44-6-4-3-5-7-44)54-29-41-17-42(30-54)19-43(18-41)31-54/h3-7,32-43H,8-31H2. The monoisotopic (exact) mass is 730 g/mol. The van der Waals surface area contributed by atoms with Crippen molar-refractivity contribution in [1.82, 2.24) is 0 Å². The zero-order valence-corrected chi connectivity index (χ0v) is 33.7. The lowest BCUT2D eigenvalue weighted by atomic mass is 9.39. The highest BCUT2D eigenvalue weighted by molar-refractivity contribution is 5.70. The molecule has 0 aliphatic heterocycles. The Bertz CT molecular complexity index is 1850. The Morgan fingerprint density at radius 1 is 0.382 bits per heavy atom. The summed E-state index contributed by atoms with van der Waals surface area (Å²) in [4.78, 5) is 0. The van der Waals surface area contributed by atoms with Gasteiger partial charge in [-0.1, -0.05) is 18.2 Å². The third-order valence-corrected chi connectivity index (χ3v) is 20.8. The van der Waals surface area contributed by atoms with Crippen molar-refractivity contribution in [1.29, 1.82) is 0 Å². The quantitative estimate of drug-likeness (QED) is 0.269. The molecule has 1 nitrogen and oxygen atoms in total. The number of benzene rings is 2. The van der Waals surface area contributed by atoms with Crippen LogP contribution in [0.1, 0.15) is 182 Å². The van der Waals surface area contributed by atoms with E-state index in [9.17, 15) is 6.42 Å². The van der Waals surface area contributed by atoms with Crippen LogP contribution in [-0.2, 0) is 21.7 Å². The number of para-hydroxylation sites is 1. The molecular weight excluding hydrogens is 665 g/mol. The first-order valence-corrected chi connectivity index (χ1v) is 24.3. The maximum absolute atomic E-state index is 9.73. The first-order chi connectivity index (χ1) is 26.8. The first kappa shape index (κ1) is 32.7. The second-order valence-corrected chi connectivity index (χ2v) is 24.5. The summed E-state index contributed by atoms with van der Waals surface area (Å²) in [5, 5.41) is 0. The van der Waals surface area contributed by atoms with Crippen LogP contribution in [-0.4, -0.2) is 0 Å². The summed E-state index contributed by atoms with van der Waals surface area (Å²) >= 11 is 0. The lowest BCUT2D eigenvalue weighted by Gasteiger charge is -2.65. The predicted molar refractivity (Wildman–Crippen MR) is 219 cm³/mol. The van der Waals surface area contributed by atoms with Gasteiger partial charge in [0.05, 0.1) is 5.56 Å². The van der Waals surface area contributed by atoms with E-state index in [0.717, 1.165) is 76.8 Å². The van der Waals surface area contributed by atoms with Gasteiger partial charge in [-0.25, -0.2) is 0 Å². The molecule has 18 rings (SSSR count). The molecule has 2 aromatic carbocycles. The fourth-order valence-corrected chi connectivity index (χ4v) is 21.3. The van der Waals surface area contributed by atoms with Crippen molar-refractivity contribution in [3.8, 4) is 17.4 Å². The van der Waals surface area contributed by atoms with E-state index >= 15 is 0 Å². The lowest BCUT2D eigenvalue weighted by molar-refractivity contribution is -0.0293. The molecule has 0 aromatic heterocycles. The molecule has 55 heavy (non-hydrogen) atoms. The summed E-state index contributed by atoms with van der Waals surface area (Å²) in [5.74, 6) is 16.5. The molecule has 16 fully saturated rings. The zero-order chi connectivity index (χ0) is 35.9. The number of ether oxygens (including phenoxy) is 1. The molecule has 0 unspecified atom stereocenters. The fourth-order valence-electron chi connectivity index (χ4n) is 21.3. The zero-order valence-electron chi connectivity index (χ0n) is 33.7. The van der Waals surface area contributed by atoms with Crippen LogP contribution in [0.2, 0.25) is 0 Å². The molecule has 2 aromatic rings. The third kappa shape index (κ3) is 4.56. The molecule has 16 saturated carbocycles. The topological polar surface area (TPSA) is 9.23 Å². The van der Waals surface area contributed by atoms with Crippen LogP contribution in [0.25, 0.3) is 0 Å². The smallest absolute Gasteiger partial charge is 0.147 e.